The van der Waals surface area contributed by atoms with E-state index in [2.05, 4.69) is 5.32 Å². The Labute approximate surface area is 240 Å². The number of esters is 1. The van der Waals surface area contributed by atoms with E-state index in [-0.39, 0.29) is 37.1 Å². The van der Waals surface area contributed by atoms with Crippen LogP contribution in [0.1, 0.15) is 16.7 Å². The van der Waals surface area contributed by atoms with Gasteiger partial charge in [0, 0.05) is 15.6 Å². The number of benzene rings is 3. The Morgan fingerprint density at radius 2 is 1.70 bits per heavy atom. The van der Waals surface area contributed by atoms with E-state index in [0.29, 0.717) is 16.4 Å². The van der Waals surface area contributed by atoms with E-state index in [9.17, 15) is 19.5 Å². The second-order valence-corrected chi connectivity index (χ2v) is 11.5. The number of fused-ring (bicyclic) bond motifs is 1. The third kappa shape index (κ3) is 6.19. The van der Waals surface area contributed by atoms with E-state index in [1.165, 1.54) is 28.4 Å². The average Bonchev–Trinajstić information content (AvgIpc) is 2.99. The van der Waals surface area contributed by atoms with Crippen molar-refractivity contribution in [2.24, 2.45) is 0 Å². The SMILES string of the molecule is COc1ccc(COC(=O)C2=C(Sc3ccc(CO)cc3)CS[C@@H]3[C@H](NC(=O)Cc4ccccc4)C(=O)N23)cc1. The number of aliphatic hydroxyl groups is 1. The van der Waals surface area contributed by atoms with Crippen molar-refractivity contribution in [3.8, 4) is 5.75 Å². The molecule has 0 radical (unpaired) electrons. The summed E-state index contributed by atoms with van der Waals surface area (Å²) in [6.45, 7) is -0.0275. The molecule has 2 heterocycles. The zero-order valence-electron chi connectivity index (χ0n) is 21.7. The molecule has 0 aliphatic carbocycles. The van der Waals surface area contributed by atoms with Crippen molar-refractivity contribution in [1.82, 2.24) is 10.2 Å². The summed E-state index contributed by atoms with van der Waals surface area (Å²) in [7, 11) is 1.58. The number of amides is 2. The summed E-state index contributed by atoms with van der Waals surface area (Å²) in [4.78, 5) is 42.5. The first-order valence-electron chi connectivity index (χ1n) is 12.7. The quantitative estimate of drug-likeness (QED) is 0.277. The molecule has 0 unspecified atom stereocenters. The molecule has 0 bridgehead atoms. The Morgan fingerprint density at radius 1 is 1.00 bits per heavy atom. The molecular formula is C30H28N2O6S2. The summed E-state index contributed by atoms with van der Waals surface area (Å²) in [5.41, 5.74) is 2.62. The van der Waals surface area contributed by atoms with Gasteiger partial charge in [-0.15, -0.1) is 11.8 Å². The number of rotatable bonds is 10. The number of methoxy groups -OCH3 is 1. The lowest BCUT2D eigenvalue weighted by atomic mass is 10.0. The predicted octanol–water partition coefficient (Wildman–Crippen LogP) is 3.88. The summed E-state index contributed by atoms with van der Waals surface area (Å²) < 4.78 is 10.9. The highest BCUT2D eigenvalue weighted by atomic mass is 32.2. The van der Waals surface area contributed by atoms with E-state index >= 15 is 0 Å². The molecule has 0 aromatic heterocycles. The monoisotopic (exact) mass is 576 g/mol. The molecule has 206 valence electrons. The van der Waals surface area contributed by atoms with Crippen molar-refractivity contribution in [2.75, 3.05) is 12.9 Å². The molecule has 10 heteroatoms. The van der Waals surface area contributed by atoms with Crippen LogP contribution in [0.4, 0.5) is 0 Å². The van der Waals surface area contributed by atoms with Gasteiger partial charge in [-0.05, 0) is 41.0 Å². The van der Waals surface area contributed by atoms with Gasteiger partial charge in [-0.2, -0.15) is 0 Å². The summed E-state index contributed by atoms with van der Waals surface area (Å²) in [5.74, 6) is -0.0236. The Hall–Kier alpha value is -3.73. The molecule has 3 aromatic rings. The van der Waals surface area contributed by atoms with Crippen LogP contribution < -0.4 is 10.1 Å². The fourth-order valence-electron chi connectivity index (χ4n) is 4.41. The van der Waals surface area contributed by atoms with Gasteiger partial charge in [-0.3, -0.25) is 14.5 Å². The Bertz CT molecular complexity index is 1410. The maximum absolute atomic E-state index is 13.5. The first kappa shape index (κ1) is 27.8. The van der Waals surface area contributed by atoms with Gasteiger partial charge in [0.05, 0.1) is 20.1 Å². The lowest BCUT2D eigenvalue weighted by Gasteiger charge is -2.49. The summed E-state index contributed by atoms with van der Waals surface area (Å²) in [5, 5.41) is 11.8. The number of carbonyl (C=O) groups excluding carboxylic acids is 3. The Balaban J connectivity index is 1.34. The topological polar surface area (TPSA) is 105 Å². The van der Waals surface area contributed by atoms with Crippen molar-refractivity contribution in [1.29, 1.82) is 0 Å². The Kier molecular flexibility index (Phi) is 8.78. The van der Waals surface area contributed by atoms with Crippen molar-refractivity contribution in [3.05, 3.63) is 106 Å². The molecule has 0 saturated carbocycles. The fraction of sp³-hybridized carbons (Fsp3) is 0.233. The highest BCUT2D eigenvalue weighted by Crippen LogP contribution is 2.45. The van der Waals surface area contributed by atoms with Crippen molar-refractivity contribution in [2.45, 2.75) is 35.9 Å². The summed E-state index contributed by atoms with van der Waals surface area (Å²) in [6, 6.07) is 23.2. The van der Waals surface area contributed by atoms with E-state index in [4.69, 9.17) is 9.47 Å². The van der Waals surface area contributed by atoms with Gasteiger partial charge in [0.2, 0.25) is 5.91 Å². The number of hydrogen-bond acceptors (Lipinski definition) is 8. The molecule has 2 aliphatic rings. The normalized spacial score (nSPS) is 18.1. The van der Waals surface area contributed by atoms with E-state index in [1.807, 2.05) is 66.7 Å². The molecule has 0 spiro atoms. The number of aliphatic hydroxyl groups excluding tert-OH is 1. The molecule has 2 aliphatic heterocycles. The second-order valence-electron chi connectivity index (χ2n) is 9.22. The van der Waals surface area contributed by atoms with Crippen molar-refractivity contribution < 1.29 is 29.0 Å². The minimum Gasteiger partial charge on any atom is -0.497 e. The zero-order chi connectivity index (χ0) is 28.1. The largest absolute Gasteiger partial charge is 0.497 e. The number of nitrogens with zero attached hydrogens (tertiary/aromatic N) is 1. The highest BCUT2D eigenvalue weighted by molar-refractivity contribution is 8.06. The number of carbonyl (C=O) groups is 3. The lowest BCUT2D eigenvalue weighted by molar-refractivity contribution is -0.153. The minimum atomic E-state index is -0.721. The van der Waals surface area contributed by atoms with Crippen LogP contribution in [0.15, 0.2) is 94.4 Å². The van der Waals surface area contributed by atoms with Crippen LogP contribution in [0.2, 0.25) is 0 Å². The second kappa shape index (κ2) is 12.6. The Morgan fingerprint density at radius 3 is 2.38 bits per heavy atom. The van der Waals surface area contributed by atoms with Crippen LogP contribution in [0.5, 0.6) is 5.75 Å². The molecule has 5 rings (SSSR count). The summed E-state index contributed by atoms with van der Waals surface area (Å²) >= 11 is 2.88. The zero-order valence-corrected chi connectivity index (χ0v) is 23.4. The standard InChI is InChI=1S/C30H28N2O6S2/c1-37-22-11-7-21(8-12-22)17-38-30(36)27-24(40-23-13-9-20(16-33)10-14-23)18-39-29-26(28(35)32(27)29)31-25(34)15-19-5-3-2-4-6-19/h2-14,26,29,33H,15-18H2,1H3,(H,31,34)/t26-,29-/m1/s1. The van der Waals surface area contributed by atoms with Crippen LogP contribution >= 0.6 is 23.5 Å². The molecule has 2 N–H and O–H groups in total. The first-order valence-corrected chi connectivity index (χ1v) is 14.5. The van der Waals surface area contributed by atoms with Gasteiger partial charge in [0.1, 0.15) is 29.5 Å². The molecule has 2 amide bonds. The third-order valence-electron chi connectivity index (χ3n) is 6.53. The average molecular weight is 577 g/mol. The van der Waals surface area contributed by atoms with Crippen molar-refractivity contribution >= 4 is 41.3 Å². The lowest BCUT2D eigenvalue weighted by Crippen LogP contribution is -2.70. The molecule has 40 heavy (non-hydrogen) atoms. The van der Waals surface area contributed by atoms with Crippen LogP contribution in [0, 0.1) is 0 Å². The van der Waals surface area contributed by atoms with E-state index < -0.39 is 17.4 Å². The third-order valence-corrected chi connectivity index (χ3v) is 9.08. The van der Waals surface area contributed by atoms with Crippen LogP contribution in [-0.4, -0.2) is 52.1 Å². The van der Waals surface area contributed by atoms with Gasteiger partial charge in [-0.1, -0.05) is 66.4 Å². The highest BCUT2D eigenvalue weighted by Gasteiger charge is 2.54. The van der Waals surface area contributed by atoms with E-state index in [0.717, 1.165) is 21.6 Å². The molecule has 3 aromatic carbocycles. The minimum absolute atomic E-state index is 0.0343. The number of thioether (sulfide) groups is 2. The van der Waals surface area contributed by atoms with Crippen LogP contribution in [-0.2, 0) is 38.8 Å². The van der Waals surface area contributed by atoms with Gasteiger partial charge in [0.25, 0.3) is 5.91 Å². The number of nitrogens with one attached hydrogen (secondary N) is 1. The van der Waals surface area contributed by atoms with E-state index in [1.54, 1.807) is 19.2 Å². The summed E-state index contributed by atoms with van der Waals surface area (Å²) in [6.07, 6.45) is 0.166. The van der Waals surface area contributed by atoms with Crippen LogP contribution in [0.3, 0.4) is 0 Å². The fourth-order valence-corrected chi connectivity index (χ4v) is 6.88. The predicted molar refractivity (Wildman–Crippen MR) is 153 cm³/mol. The molecule has 8 nitrogen and oxygen atoms in total. The van der Waals surface area contributed by atoms with Gasteiger partial charge in [0.15, 0.2) is 0 Å². The number of hydrogen-bond donors (Lipinski definition) is 2. The van der Waals surface area contributed by atoms with Gasteiger partial charge >= 0.3 is 5.97 Å². The maximum Gasteiger partial charge on any atom is 0.356 e. The molecule has 1 fully saturated rings. The molecular weight excluding hydrogens is 548 g/mol. The number of ether oxygens (including phenoxy) is 2. The maximum atomic E-state index is 13.5. The van der Waals surface area contributed by atoms with Crippen molar-refractivity contribution in [3.63, 3.8) is 0 Å². The number of β-lactam (4-membered cyclic amide) rings is 1. The first-order chi connectivity index (χ1) is 19.5. The molecule has 2 atom stereocenters. The smallest absolute Gasteiger partial charge is 0.356 e. The molecule has 1 saturated heterocycles. The van der Waals surface area contributed by atoms with Gasteiger partial charge in [-0.25, -0.2) is 4.79 Å². The van der Waals surface area contributed by atoms with Crippen LogP contribution in [0.25, 0.3) is 0 Å². The van der Waals surface area contributed by atoms with Gasteiger partial charge < -0.3 is 19.9 Å².